The maximum atomic E-state index is 12.4. The minimum absolute atomic E-state index is 0.0577. The second-order valence-electron chi connectivity index (χ2n) is 6.55. The quantitative estimate of drug-likeness (QED) is 0.898. The van der Waals surface area contributed by atoms with Gasteiger partial charge >= 0.3 is 0 Å². The lowest BCUT2D eigenvalue weighted by atomic mass is 9.91. The topological polar surface area (TPSA) is 92.7 Å². The van der Waals surface area contributed by atoms with Crippen LogP contribution in [0.5, 0.6) is 0 Å². The summed E-state index contributed by atoms with van der Waals surface area (Å²) in [5, 5.41) is 14.4. The van der Waals surface area contributed by atoms with Gasteiger partial charge in [0.1, 0.15) is 0 Å². The van der Waals surface area contributed by atoms with E-state index in [4.69, 9.17) is 0 Å². The molecule has 1 aliphatic carbocycles. The Hall–Kier alpha value is -2.44. The van der Waals surface area contributed by atoms with Crippen LogP contribution in [0.3, 0.4) is 0 Å². The van der Waals surface area contributed by atoms with Gasteiger partial charge < -0.3 is 5.32 Å². The minimum Gasteiger partial charge on any atom is -0.349 e. The Labute approximate surface area is 140 Å². The van der Waals surface area contributed by atoms with E-state index in [1.54, 1.807) is 16.8 Å². The molecule has 3 rings (SSSR count). The van der Waals surface area contributed by atoms with Crippen LogP contribution >= 0.6 is 0 Å². The number of H-pyrrole nitrogens is 1. The predicted octanol–water partition coefficient (Wildman–Crippen LogP) is 1.81. The lowest BCUT2D eigenvalue weighted by molar-refractivity contribution is 0.0920. The summed E-state index contributed by atoms with van der Waals surface area (Å²) >= 11 is 0. The summed E-state index contributed by atoms with van der Waals surface area (Å²) in [6.07, 6.45) is 3.36. The second kappa shape index (κ2) is 6.59. The van der Waals surface area contributed by atoms with Gasteiger partial charge in [-0.25, -0.2) is 4.68 Å². The Kier molecular flexibility index (Phi) is 4.51. The highest BCUT2D eigenvalue weighted by molar-refractivity contribution is 5.96. The van der Waals surface area contributed by atoms with Crippen molar-refractivity contribution in [2.75, 3.05) is 0 Å². The lowest BCUT2D eigenvalue weighted by Crippen LogP contribution is -2.40. The zero-order valence-electron chi connectivity index (χ0n) is 14.3. The summed E-state index contributed by atoms with van der Waals surface area (Å²) in [5.41, 5.74) is 2.92. The van der Waals surface area contributed by atoms with Gasteiger partial charge in [0.05, 0.1) is 23.0 Å². The molecule has 0 atom stereocenters. The summed E-state index contributed by atoms with van der Waals surface area (Å²) in [5.74, 6) is -0.0759. The Morgan fingerprint density at radius 2 is 1.92 bits per heavy atom. The first-order chi connectivity index (χ1) is 11.5. The van der Waals surface area contributed by atoms with Gasteiger partial charge in [-0.3, -0.25) is 14.7 Å². The summed E-state index contributed by atoms with van der Waals surface area (Å²) in [4.78, 5) is 24.4. The smallest absolute Gasteiger partial charge is 0.267 e. The summed E-state index contributed by atoms with van der Waals surface area (Å²) in [6.45, 7) is 5.56. The van der Waals surface area contributed by atoms with Crippen LogP contribution in [0, 0.1) is 20.8 Å². The number of rotatable bonds is 3. The molecule has 0 aromatic carbocycles. The Bertz CT molecular complexity index is 780. The van der Waals surface area contributed by atoms with Crippen LogP contribution in [0.1, 0.15) is 59.2 Å². The molecule has 0 spiro atoms. The molecule has 7 nitrogen and oxygen atoms in total. The highest BCUT2D eigenvalue weighted by atomic mass is 16.2. The highest BCUT2D eigenvalue weighted by Gasteiger charge is 2.26. The van der Waals surface area contributed by atoms with E-state index in [0.29, 0.717) is 11.3 Å². The number of carbonyl (C=O) groups excluding carboxylic acids is 1. The summed E-state index contributed by atoms with van der Waals surface area (Å²) in [6, 6.07) is 3.55. The van der Waals surface area contributed by atoms with Crippen LogP contribution in [0.25, 0.3) is 0 Å². The van der Waals surface area contributed by atoms with Crippen LogP contribution in [0.4, 0.5) is 0 Å². The molecular formula is C17H23N5O2. The highest BCUT2D eigenvalue weighted by Crippen LogP contribution is 2.27. The van der Waals surface area contributed by atoms with E-state index in [-0.39, 0.29) is 23.6 Å². The van der Waals surface area contributed by atoms with E-state index in [1.807, 2.05) is 20.8 Å². The number of hydrogen-bond acceptors (Lipinski definition) is 4. The van der Waals surface area contributed by atoms with Gasteiger partial charge in [-0.2, -0.15) is 10.2 Å². The molecule has 1 amide bonds. The van der Waals surface area contributed by atoms with Crippen molar-refractivity contribution in [3.8, 4) is 0 Å². The van der Waals surface area contributed by atoms with Crippen LogP contribution in [-0.4, -0.2) is 31.9 Å². The summed E-state index contributed by atoms with van der Waals surface area (Å²) in [7, 11) is 0. The number of carbonyl (C=O) groups is 1. The van der Waals surface area contributed by atoms with E-state index in [1.165, 1.54) is 0 Å². The predicted molar refractivity (Wildman–Crippen MR) is 90.1 cm³/mol. The molecular weight excluding hydrogens is 306 g/mol. The van der Waals surface area contributed by atoms with Crippen molar-refractivity contribution in [2.24, 2.45) is 0 Å². The van der Waals surface area contributed by atoms with Crippen molar-refractivity contribution in [3.63, 3.8) is 0 Å². The minimum atomic E-state index is -0.0759. The molecule has 24 heavy (non-hydrogen) atoms. The number of nitrogens with zero attached hydrogens (tertiary/aromatic N) is 3. The maximum absolute atomic E-state index is 12.4. The van der Waals surface area contributed by atoms with Crippen LogP contribution < -0.4 is 10.9 Å². The third-order valence-corrected chi connectivity index (χ3v) is 4.69. The molecule has 0 bridgehead atoms. The van der Waals surface area contributed by atoms with Gasteiger partial charge in [-0.05, 0) is 52.5 Å². The van der Waals surface area contributed by atoms with Crippen LogP contribution in [-0.2, 0) is 0 Å². The van der Waals surface area contributed by atoms with Crippen molar-refractivity contribution in [1.29, 1.82) is 0 Å². The van der Waals surface area contributed by atoms with Crippen molar-refractivity contribution in [2.45, 2.75) is 58.5 Å². The van der Waals surface area contributed by atoms with Gasteiger partial charge in [0, 0.05) is 17.8 Å². The molecule has 7 heteroatoms. The number of amides is 1. The van der Waals surface area contributed by atoms with Crippen molar-refractivity contribution in [3.05, 3.63) is 45.1 Å². The van der Waals surface area contributed by atoms with Gasteiger partial charge in [0.25, 0.3) is 11.5 Å². The van der Waals surface area contributed by atoms with Crippen molar-refractivity contribution >= 4 is 5.91 Å². The molecule has 2 N–H and O–H groups in total. The van der Waals surface area contributed by atoms with E-state index in [9.17, 15) is 9.59 Å². The molecule has 2 heterocycles. The molecule has 0 unspecified atom stereocenters. The zero-order chi connectivity index (χ0) is 17.3. The Morgan fingerprint density at radius 1 is 1.21 bits per heavy atom. The van der Waals surface area contributed by atoms with E-state index in [2.05, 4.69) is 20.6 Å². The zero-order valence-corrected chi connectivity index (χ0v) is 14.3. The molecule has 2 aromatic heterocycles. The first-order valence-electron chi connectivity index (χ1n) is 8.34. The third kappa shape index (κ3) is 3.25. The summed E-state index contributed by atoms with van der Waals surface area (Å²) < 4.78 is 1.59. The fraction of sp³-hybridized carbons (Fsp3) is 0.529. The standard InChI is InChI=1S/C17H23N5O2/c1-10-4-9-15(23)22(21-10)14-7-5-13(6-8-14)18-17(24)16-11(2)19-20-12(16)3/h4,9,13-14H,5-8H2,1-3H3,(H,18,24)(H,19,20). The molecule has 128 valence electrons. The van der Waals surface area contributed by atoms with E-state index >= 15 is 0 Å². The van der Waals surface area contributed by atoms with Gasteiger partial charge in [0.15, 0.2) is 0 Å². The fourth-order valence-corrected chi connectivity index (χ4v) is 3.39. The molecule has 0 aliphatic heterocycles. The van der Waals surface area contributed by atoms with Gasteiger partial charge in [-0.1, -0.05) is 0 Å². The van der Waals surface area contributed by atoms with E-state index in [0.717, 1.165) is 37.1 Å². The van der Waals surface area contributed by atoms with Crippen LogP contribution in [0.2, 0.25) is 0 Å². The average Bonchev–Trinajstić information content (AvgIpc) is 2.89. The first kappa shape index (κ1) is 16.4. The maximum Gasteiger partial charge on any atom is 0.267 e. The number of hydrogen-bond donors (Lipinski definition) is 2. The van der Waals surface area contributed by atoms with Crippen LogP contribution in [0.15, 0.2) is 16.9 Å². The normalized spacial score (nSPS) is 20.8. The average molecular weight is 329 g/mol. The third-order valence-electron chi connectivity index (χ3n) is 4.69. The monoisotopic (exact) mass is 329 g/mol. The van der Waals surface area contributed by atoms with E-state index < -0.39 is 0 Å². The van der Waals surface area contributed by atoms with Crippen molar-refractivity contribution in [1.82, 2.24) is 25.3 Å². The van der Waals surface area contributed by atoms with Gasteiger partial charge in [0.2, 0.25) is 0 Å². The number of aromatic nitrogens is 4. The van der Waals surface area contributed by atoms with Crippen molar-refractivity contribution < 1.29 is 4.79 Å². The Balaban J connectivity index is 1.62. The molecule has 0 radical (unpaired) electrons. The second-order valence-corrected chi connectivity index (χ2v) is 6.55. The largest absolute Gasteiger partial charge is 0.349 e. The molecule has 2 aromatic rings. The van der Waals surface area contributed by atoms with Gasteiger partial charge in [-0.15, -0.1) is 0 Å². The SMILES string of the molecule is Cc1ccc(=O)n(C2CCC(NC(=O)c3c(C)n[nH]c3C)CC2)n1. The number of aromatic amines is 1. The molecule has 1 fully saturated rings. The molecule has 1 aliphatic rings. The first-order valence-corrected chi connectivity index (χ1v) is 8.34. The molecule has 0 saturated heterocycles. The lowest BCUT2D eigenvalue weighted by Gasteiger charge is -2.29. The molecule has 1 saturated carbocycles. The Morgan fingerprint density at radius 3 is 2.54 bits per heavy atom. The fourth-order valence-electron chi connectivity index (χ4n) is 3.39. The number of aryl methyl sites for hydroxylation is 3. The number of nitrogens with one attached hydrogen (secondary N) is 2.